The summed E-state index contributed by atoms with van der Waals surface area (Å²) in [6, 6.07) is 3.50. The number of rotatable bonds is 4. The van der Waals surface area contributed by atoms with Crippen LogP contribution in [0.25, 0.3) is 0 Å². The number of amidine groups is 1. The third kappa shape index (κ3) is 5.79. The summed E-state index contributed by atoms with van der Waals surface area (Å²) < 4.78 is 5.56. The number of aliphatic imine (C=N–C) groups is 1. The standard InChI is InChI=1S/C28H36N8O3S/c1-6-17-16-35(26(38)39-27(2,3)4)13-8-14-36(17)25-32-12-10-19(33-25)22(30)34-24(37)28(5)11-7-9-20-21(28)18(15-29)23(31)40-20/h6,10,12,17H,1,7-9,11,13-14,16,31H2,2-5H3,(H2,30,34,37)/t17-,28-/m0/s1. The number of nitrogens with two attached hydrogens (primary N) is 2. The highest BCUT2D eigenvalue weighted by Gasteiger charge is 2.43. The minimum Gasteiger partial charge on any atom is -0.444 e. The molecule has 2 aromatic heterocycles. The number of fused-ring (bicyclic) bond motifs is 1. The first-order valence-corrected chi connectivity index (χ1v) is 14.1. The Morgan fingerprint density at radius 1 is 1.35 bits per heavy atom. The second-order valence-corrected chi connectivity index (χ2v) is 12.4. The van der Waals surface area contributed by atoms with E-state index in [1.165, 1.54) is 11.3 Å². The molecule has 0 spiro atoms. The van der Waals surface area contributed by atoms with Crippen molar-refractivity contribution < 1.29 is 14.3 Å². The number of aryl methyl sites for hydroxylation is 1. The summed E-state index contributed by atoms with van der Waals surface area (Å²) in [7, 11) is 0. The van der Waals surface area contributed by atoms with Crippen molar-refractivity contribution in [2.75, 3.05) is 30.3 Å². The summed E-state index contributed by atoms with van der Waals surface area (Å²) in [5, 5.41) is 10.1. The topological polar surface area (TPSA) is 164 Å². The van der Waals surface area contributed by atoms with Crippen molar-refractivity contribution >= 4 is 40.1 Å². The highest BCUT2D eigenvalue weighted by Crippen LogP contribution is 2.46. The average Bonchev–Trinajstić information content (AvgIpc) is 3.08. The lowest BCUT2D eigenvalue weighted by Gasteiger charge is -2.31. The third-order valence-electron chi connectivity index (χ3n) is 7.17. The molecule has 1 fully saturated rings. The van der Waals surface area contributed by atoms with E-state index in [0.717, 1.165) is 17.7 Å². The molecule has 1 aliphatic carbocycles. The molecule has 212 valence electrons. The molecule has 4 N–H and O–H groups in total. The van der Waals surface area contributed by atoms with Gasteiger partial charge in [-0.05, 0) is 59.4 Å². The maximum Gasteiger partial charge on any atom is 0.410 e. The Bertz CT molecular complexity index is 1390. The maximum atomic E-state index is 13.5. The molecule has 0 saturated carbocycles. The largest absolute Gasteiger partial charge is 0.444 e. The minimum atomic E-state index is -1.00. The number of hydrogen-bond acceptors (Lipinski definition) is 9. The van der Waals surface area contributed by atoms with Crippen LogP contribution in [0.1, 0.15) is 68.7 Å². The Kier molecular flexibility index (Phi) is 8.16. The second kappa shape index (κ2) is 11.3. The Labute approximate surface area is 238 Å². The summed E-state index contributed by atoms with van der Waals surface area (Å²) >= 11 is 1.36. The van der Waals surface area contributed by atoms with Crippen molar-refractivity contribution in [3.63, 3.8) is 0 Å². The van der Waals surface area contributed by atoms with Gasteiger partial charge in [-0.3, -0.25) is 4.79 Å². The minimum absolute atomic E-state index is 0.0379. The zero-order valence-electron chi connectivity index (χ0n) is 23.4. The lowest BCUT2D eigenvalue weighted by molar-refractivity contribution is -0.123. The number of nitrogen functional groups attached to an aromatic ring is 1. The van der Waals surface area contributed by atoms with E-state index >= 15 is 0 Å². The van der Waals surface area contributed by atoms with E-state index in [1.54, 1.807) is 30.2 Å². The Balaban J connectivity index is 1.58. The second-order valence-electron chi connectivity index (χ2n) is 11.3. The van der Waals surface area contributed by atoms with Gasteiger partial charge in [-0.1, -0.05) is 6.08 Å². The molecule has 1 saturated heterocycles. The van der Waals surface area contributed by atoms with Crippen molar-refractivity contribution in [3.05, 3.63) is 46.6 Å². The number of thiophene rings is 1. The highest BCUT2D eigenvalue weighted by molar-refractivity contribution is 7.16. The van der Waals surface area contributed by atoms with Crippen LogP contribution >= 0.6 is 11.3 Å². The summed E-state index contributed by atoms with van der Waals surface area (Å²) in [5.41, 5.74) is 12.1. The van der Waals surface area contributed by atoms with Crippen LogP contribution in [0, 0.1) is 11.3 Å². The third-order valence-corrected chi connectivity index (χ3v) is 8.25. The molecule has 0 radical (unpaired) electrons. The SMILES string of the molecule is C=C[C@H]1CN(C(=O)OC(C)(C)C)CCCN1c1nccc(C(N)=NC(=O)[C@@]2(C)CCCc3sc(N)c(C#N)c32)n1. The van der Waals surface area contributed by atoms with Crippen LogP contribution in [0.2, 0.25) is 0 Å². The van der Waals surface area contributed by atoms with E-state index in [4.69, 9.17) is 16.2 Å². The molecule has 11 nitrogen and oxygen atoms in total. The van der Waals surface area contributed by atoms with Crippen molar-refractivity contribution in [1.29, 1.82) is 5.26 Å². The van der Waals surface area contributed by atoms with Crippen LogP contribution in [0.3, 0.4) is 0 Å². The molecule has 0 bridgehead atoms. The lowest BCUT2D eigenvalue weighted by Crippen LogP contribution is -2.44. The summed E-state index contributed by atoms with van der Waals surface area (Å²) in [6.07, 6.45) is 5.70. The van der Waals surface area contributed by atoms with Gasteiger partial charge in [0.05, 0.1) is 17.0 Å². The lowest BCUT2D eigenvalue weighted by atomic mass is 9.72. The van der Waals surface area contributed by atoms with Gasteiger partial charge in [0.25, 0.3) is 5.91 Å². The molecule has 2 aromatic rings. The predicted octanol–water partition coefficient (Wildman–Crippen LogP) is 3.52. The molecule has 12 heteroatoms. The molecule has 0 unspecified atom stereocenters. The Morgan fingerprint density at radius 3 is 2.77 bits per heavy atom. The molecule has 2 amide bonds. The van der Waals surface area contributed by atoms with Crippen LogP contribution in [0.15, 0.2) is 29.9 Å². The van der Waals surface area contributed by atoms with Gasteiger partial charge in [0.2, 0.25) is 5.95 Å². The quantitative estimate of drug-likeness (QED) is 0.321. The number of amides is 2. The van der Waals surface area contributed by atoms with E-state index in [-0.39, 0.29) is 18.0 Å². The van der Waals surface area contributed by atoms with Crippen LogP contribution in [-0.4, -0.2) is 64.0 Å². The van der Waals surface area contributed by atoms with Crippen molar-refractivity contribution in [3.8, 4) is 6.07 Å². The van der Waals surface area contributed by atoms with Gasteiger partial charge >= 0.3 is 6.09 Å². The van der Waals surface area contributed by atoms with Crippen LogP contribution in [0.5, 0.6) is 0 Å². The first-order valence-electron chi connectivity index (χ1n) is 13.3. The Morgan fingerprint density at radius 2 is 2.10 bits per heavy atom. The maximum absolute atomic E-state index is 13.5. The van der Waals surface area contributed by atoms with E-state index in [2.05, 4.69) is 27.6 Å². The fourth-order valence-corrected chi connectivity index (χ4v) is 6.38. The van der Waals surface area contributed by atoms with Crippen molar-refractivity contribution in [1.82, 2.24) is 14.9 Å². The van der Waals surface area contributed by atoms with Gasteiger partial charge in [-0.2, -0.15) is 10.3 Å². The van der Waals surface area contributed by atoms with Gasteiger partial charge < -0.3 is 26.0 Å². The molecule has 2 atom stereocenters. The molecular weight excluding hydrogens is 528 g/mol. The van der Waals surface area contributed by atoms with Gasteiger partial charge in [0.1, 0.15) is 22.4 Å². The van der Waals surface area contributed by atoms with E-state index in [0.29, 0.717) is 60.2 Å². The van der Waals surface area contributed by atoms with E-state index in [9.17, 15) is 14.9 Å². The first kappa shape index (κ1) is 29.0. The summed E-state index contributed by atoms with van der Waals surface area (Å²) in [6.45, 7) is 12.7. The molecule has 2 aliphatic rings. The van der Waals surface area contributed by atoms with Crippen molar-refractivity contribution in [2.24, 2.45) is 10.7 Å². The van der Waals surface area contributed by atoms with Crippen LogP contribution in [0.4, 0.5) is 15.7 Å². The smallest absolute Gasteiger partial charge is 0.410 e. The normalized spacial score (nSPS) is 21.7. The zero-order chi connectivity index (χ0) is 29.2. The molecule has 40 heavy (non-hydrogen) atoms. The highest BCUT2D eigenvalue weighted by atomic mass is 32.1. The Hall–Kier alpha value is -3.98. The average molecular weight is 565 g/mol. The monoisotopic (exact) mass is 564 g/mol. The first-order chi connectivity index (χ1) is 18.9. The number of aromatic nitrogens is 2. The molecule has 0 aromatic carbocycles. The number of hydrogen-bond donors (Lipinski definition) is 2. The number of anilines is 2. The van der Waals surface area contributed by atoms with Gasteiger partial charge in [-0.15, -0.1) is 17.9 Å². The van der Waals surface area contributed by atoms with Gasteiger partial charge in [0, 0.05) is 36.3 Å². The van der Waals surface area contributed by atoms with E-state index < -0.39 is 16.9 Å². The molecular formula is C28H36N8O3S. The summed E-state index contributed by atoms with van der Waals surface area (Å²) in [5.74, 6) is -0.0844. The van der Waals surface area contributed by atoms with Crippen LogP contribution in [-0.2, 0) is 21.4 Å². The molecule has 3 heterocycles. The number of carbonyl (C=O) groups excluding carboxylic acids is 2. The number of nitriles is 1. The number of carbonyl (C=O) groups is 2. The number of nitrogens with zero attached hydrogens (tertiary/aromatic N) is 6. The zero-order valence-corrected chi connectivity index (χ0v) is 24.3. The fraction of sp³-hybridized carbons (Fsp3) is 0.500. The van der Waals surface area contributed by atoms with E-state index in [1.807, 2.05) is 25.7 Å². The fourth-order valence-electron chi connectivity index (χ4n) is 5.18. The van der Waals surface area contributed by atoms with Gasteiger partial charge in [0.15, 0.2) is 5.84 Å². The predicted molar refractivity (Wildman–Crippen MR) is 155 cm³/mol. The molecule has 4 rings (SSSR count). The number of ether oxygens (including phenoxy) is 1. The summed E-state index contributed by atoms with van der Waals surface area (Å²) in [4.78, 5) is 44.2. The molecule has 1 aliphatic heterocycles. The van der Waals surface area contributed by atoms with Crippen molar-refractivity contribution in [2.45, 2.75) is 70.4 Å². The van der Waals surface area contributed by atoms with Gasteiger partial charge in [-0.25, -0.2) is 14.8 Å². The van der Waals surface area contributed by atoms with Crippen LogP contribution < -0.4 is 16.4 Å².